The Kier molecular flexibility index (Phi) is 7.50. The molecule has 1 aliphatic heterocycles. The van der Waals surface area contributed by atoms with Gasteiger partial charge in [-0.15, -0.1) is 0 Å². The first-order valence-corrected chi connectivity index (χ1v) is 15.6. The highest BCUT2D eigenvalue weighted by Gasteiger charge is 2.34. The molecule has 1 atom stereocenters. The van der Waals surface area contributed by atoms with Crippen LogP contribution in [0.15, 0.2) is 111 Å². The van der Waals surface area contributed by atoms with Gasteiger partial charge in [-0.3, -0.25) is 19.0 Å². The first-order chi connectivity index (χ1) is 22.3. The third-order valence-corrected chi connectivity index (χ3v) is 9.27. The van der Waals surface area contributed by atoms with Gasteiger partial charge >= 0.3 is 0 Å². The Bertz CT molecular complexity index is 2380. The second-order valence-corrected chi connectivity index (χ2v) is 12.1. The van der Waals surface area contributed by atoms with E-state index >= 15 is 0 Å². The number of nitrogens with one attached hydrogen (secondary N) is 1. The van der Waals surface area contributed by atoms with E-state index in [1.807, 2.05) is 84.4 Å². The average molecular weight is 631 g/mol. The van der Waals surface area contributed by atoms with Crippen LogP contribution in [-0.4, -0.2) is 27.9 Å². The zero-order valence-electron chi connectivity index (χ0n) is 25.4. The molecule has 3 aromatic carbocycles. The summed E-state index contributed by atoms with van der Waals surface area (Å²) in [6, 6.07) is 22.3. The van der Waals surface area contributed by atoms with Crippen LogP contribution in [0.1, 0.15) is 36.8 Å². The fourth-order valence-corrected chi connectivity index (χ4v) is 7.29. The first kappa shape index (κ1) is 29.2. The quantitative estimate of drug-likeness (QED) is 0.259. The van der Waals surface area contributed by atoms with Crippen molar-refractivity contribution in [2.45, 2.75) is 33.0 Å². The maximum absolute atomic E-state index is 14.4. The summed E-state index contributed by atoms with van der Waals surface area (Å²) in [6.07, 6.45) is 5.29. The lowest BCUT2D eigenvalue weighted by atomic mass is 9.89. The van der Waals surface area contributed by atoms with E-state index in [-0.39, 0.29) is 23.8 Å². The van der Waals surface area contributed by atoms with Gasteiger partial charge in [0, 0.05) is 39.5 Å². The maximum atomic E-state index is 14.4. The van der Waals surface area contributed by atoms with Gasteiger partial charge in [0.15, 0.2) is 10.6 Å². The van der Waals surface area contributed by atoms with Crippen molar-refractivity contribution < 1.29 is 18.7 Å². The minimum atomic E-state index is -0.726. The van der Waals surface area contributed by atoms with Gasteiger partial charge < -0.3 is 19.0 Å². The van der Waals surface area contributed by atoms with Crippen LogP contribution in [0.2, 0.25) is 0 Å². The van der Waals surface area contributed by atoms with Gasteiger partial charge in [0.25, 0.3) is 5.56 Å². The number of ether oxygens (including phenoxy) is 1. The lowest BCUT2D eigenvalue weighted by molar-refractivity contribution is -0.121. The van der Waals surface area contributed by atoms with E-state index in [9.17, 15) is 14.4 Å². The molecule has 3 aromatic heterocycles. The number of fused-ring (bicyclic) bond motifs is 3. The summed E-state index contributed by atoms with van der Waals surface area (Å²) in [7, 11) is 1.59. The Hall–Kier alpha value is -5.48. The molecule has 46 heavy (non-hydrogen) atoms. The number of aromatic nitrogens is 2. The van der Waals surface area contributed by atoms with Crippen molar-refractivity contribution in [3.8, 4) is 5.75 Å². The molecule has 0 aliphatic carbocycles. The second kappa shape index (κ2) is 11.8. The van der Waals surface area contributed by atoms with E-state index in [1.54, 1.807) is 30.1 Å². The molecule has 1 amide bonds. The smallest absolute Gasteiger partial charge is 0.271 e. The Labute approximate surface area is 267 Å². The second-order valence-electron chi connectivity index (χ2n) is 11.1. The molecule has 6 aromatic rings. The number of carbonyl (C=O) groups excluding carboxylic acids is 2. The summed E-state index contributed by atoms with van der Waals surface area (Å²) >= 11 is 1.27. The summed E-state index contributed by atoms with van der Waals surface area (Å²) in [5.41, 5.74) is 3.15. The predicted octanol–water partition coefficient (Wildman–Crippen LogP) is 4.85. The molecule has 9 nitrogen and oxygen atoms in total. The number of furan rings is 1. The Morgan fingerprint density at radius 1 is 1.04 bits per heavy atom. The highest BCUT2D eigenvalue weighted by atomic mass is 32.1. The Balaban J connectivity index is 1.36. The number of rotatable bonds is 8. The Morgan fingerprint density at radius 2 is 1.83 bits per heavy atom. The lowest BCUT2D eigenvalue weighted by Gasteiger charge is -2.27. The molecule has 0 saturated carbocycles. The molecule has 230 valence electrons. The molecule has 10 heteroatoms. The van der Waals surface area contributed by atoms with E-state index in [1.165, 1.54) is 18.3 Å². The zero-order valence-corrected chi connectivity index (χ0v) is 26.3. The summed E-state index contributed by atoms with van der Waals surface area (Å²) in [5, 5.41) is 5.66. The maximum Gasteiger partial charge on any atom is 0.271 e. The number of hydrogen-bond acceptors (Lipinski definition) is 7. The zero-order chi connectivity index (χ0) is 31.9. The minimum absolute atomic E-state index is 0.0956. The predicted molar refractivity (Wildman–Crippen MR) is 177 cm³/mol. The van der Waals surface area contributed by atoms with Gasteiger partial charge in [0.1, 0.15) is 18.1 Å². The number of hydrogen-bond donors (Lipinski definition) is 1. The third-order valence-electron chi connectivity index (χ3n) is 8.28. The molecule has 0 saturated heterocycles. The van der Waals surface area contributed by atoms with Crippen LogP contribution in [0.4, 0.5) is 0 Å². The number of carbonyl (C=O) groups is 2. The van der Waals surface area contributed by atoms with Crippen LogP contribution in [0.5, 0.6) is 5.75 Å². The number of ketones is 1. The first-order valence-electron chi connectivity index (χ1n) is 14.8. The van der Waals surface area contributed by atoms with Crippen molar-refractivity contribution in [1.82, 2.24) is 14.5 Å². The highest BCUT2D eigenvalue weighted by molar-refractivity contribution is 7.07. The highest BCUT2D eigenvalue weighted by Crippen LogP contribution is 2.40. The number of nitrogens with zero attached hydrogens (tertiary/aromatic N) is 3. The van der Waals surface area contributed by atoms with Gasteiger partial charge in [-0.2, -0.15) is 0 Å². The van der Waals surface area contributed by atoms with Crippen LogP contribution in [-0.2, 0) is 22.7 Å². The standard InChI is InChI=1S/C36H30N4O5S/c1-21-32(22(2)41)34(33-27-12-5-4-9-23(27)14-15-29(33)44-3)40-35(43)30(46-36(40)38-21)17-24-19-39(28-13-7-6-11-26(24)28)20-31(42)37-18-25-10-8-16-45-25/h4-17,19,34H,18,20H2,1-3H3,(H,37,42)/b30-17-. The molecule has 4 heterocycles. The van der Waals surface area contributed by atoms with Crippen molar-refractivity contribution in [3.63, 3.8) is 0 Å². The van der Waals surface area contributed by atoms with Crippen LogP contribution < -0.4 is 24.9 Å². The molecular weight excluding hydrogens is 600 g/mol. The van der Waals surface area contributed by atoms with Crippen molar-refractivity contribution in [2.75, 3.05) is 7.11 Å². The number of thiazole rings is 1. The summed E-state index contributed by atoms with van der Waals surface area (Å²) < 4.78 is 15.1. The van der Waals surface area contributed by atoms with Crippen molar-refractivity contribution in [3.05, 3.63) is 133 Å². The van der Waals surface area contributed by atoms with Gasteiger partial charge in [-0.1, -0.05) is 59.9 Å². The number of amides is 1. The molecule has 1 aliphatic rings. The normalized spacial score (nSPS) is 14.8. The molecule has 1 N–H and O–H groups in total. The summed E-state index contributed by atoms with van der Waals surface area (Å²) in [6.45, 7) is 3.71. The summed E-state index contributed by atoms with van der Waals surface area (Å²) in [4.78, 5) is 45.6. The monoisotopic (exact) mass is 630 g/mol. The topological polar surface area (TPSA) is 108 Å². The number of Topliss-reactive ketones (excluding diaryl/α,β-unsaturated/α-hetero) is 1. The van der Waals surface area contributed by atoms with E-state index in [0.29, 0.717) is 38.7 Å². The number of allylic oxidation sites excluding steroid dienone is 2. The van der Waals surface area contributed by atoms with Crippen molar-refractivity contribution in [1.29, 1.82) is 0 Å². The summed E-state index contributed by atoms with van der Waals surface area (Å²) in [5.74, 6) is 0.924. The lowest BCUT2D eigenvalue weighted by Crippen LogP contribution is -2.39. The van der Waals surface area contributed by atoms with Crippen LogP contribution in [0, 0.1) is 0 Å². The molecule has 0 fully saturated rings. The number of methoxy groups -OCH3 is 1. The molecule has 0 radical (unpaired) electrons. The van der Waals surface area contributed by atoms with Crippen LogP contribution >= 0.6 is 11.3 Å². The van der Waals surface area contributed by atoms with Crippen LogP contribution in [0.3, 0.4) is 0 Å². The van der Waals surface area contributed by atoms with E-state index in [2.05, 4.69) is 5.32 Å². The van der Waals surface area contributed by atoms with Gasteiger partial charge in [-0.25, -0.2) is 4.99 Å². The van der Waals surface area contributed by atoms with Crippen molar-refractivity contribution >= 4 is 50.8 Å². The van der Waals surface area contributed by atoms with Gasteiger partial charge in [0.05, 0.1) is 30.5 Å². The minimum Gasteiger partial charge on any atom is -0.496 e. The van der Waals surface area contributed by atoms with Crippen LogP contribution in [0.25, 0.3) is 27.8 Å². The van der Waals surface area contributed by atoms with Gasteiger partial charge in [-0.05, 0) is 55.0 Å². The van der Waals surface area contributed by atoms with E-state index in [4.69, 9.17) is 14.1 Å². The molecular formula is C36H30N4O5S. The Morgan fingerprint density at radius 3 is 2.59 bits per heavy atom. The molecule has 0 bridgehead atoms. The fourth-order valence-electron chi connectivity index (χ4n) is 6.25. The third kappa shape index (κ3) is 5.06. The number of benzene rings is 3. The van der Waals surface area contributed by atoms with E-state index in [0.717, 1.165) is 32.8 Å². The molecule has 0 spiro atoms. The average Bonchev–Trinajstić information content (AvgIpc) is 3.77. The fraction of sp³-hybridized carbons (Fsp3) is 0.167. The molecule has 1 unspecified atom stereocenters. The van der Waals surface area contributed by atoms with E-state index < -0.39 is 6.04 Å². The van der Waals surface area contributed by atoms with Gasteiger partial charge in [0.2, 0.25) is 5.91 Å². The molecule has 7 rings (SSSR count). The SMILES string of the molecule is COc1ccc2ccccc2c1C1C(C(C)=O)=C(C)N=c2s/c(=C\c3cn(CC(=O)NCc4ccco4)c4ccccc34)c(=O)n21. The largest absolute Gasteiger partial charge is 0.496 e. The van der Waals surface area contributed by atoms with Crippen molar-refractivity contribution in [2.24, 2.45) is 4.99 Å². The number of para-hydroxylation sites is 1.